The zero-order chi connectivity index (χ0) is 14.0. The van der Waals surface area contributed by atoms with Crippen LogP contribution < -0.4 is 5.90 Å². The van der Waals surface area contributed by atoms with Crippen molar-refractivity contribution in [2.24, 2.45) is 5.90 Å². The van der Waals surface area contributed by atoms with Crippen LogP contribution in [0.3, 0.4) is 0 Å². The molecule has 0 aromatic rings. The monoisotopic (exact) mass is 258 g/mol. The second-order valence-corrected chi connectivity index (χ2v) is 6.41. The summed E-state index contributed by atoms with van der Waals surface area (Å²) in [5.41, 5.74) is -1.04. The van der Waals surface area contributed by atoms with E-state index in [1.165, 1.54) is 0 Å². The summed E-state index contributed by atoms with van der Waals surface area (Å²) in [5.74, 6) is 5.35. The number of likely N-dealkylation sites (tertiary alicyclic amines) is 1. The first-order chi connectivity index (χ1) is 8.17. The summed E-state index contributed by atoms with van der Waals surface area (Å²) in [5, 5.41) is 0. The van der Waals surface area contributed by atoms with E-state index in [1.807, 2.05) is 34.6 Å². The van der Waals surface area contributed by atoms with Crippen LogP contribution in [0.4, 0.5) is 4.79 Å². The second-order valence-electron chi connectivity index (χ2n) is 6.41. The molecule has 1 atom stereocenters. The highest BCUT2D eigenvalue weighted by Crippen LogP contribution is 2.29. The van der Waals surface area contributed by atoms with Crippen LogP contribution in [0.15, 0.2) is 0 Å². The summed E-state index contributed by atoms with van der Waals surface area (Å²) in [6.45, 7) is 10.1. The van der Waals surface area contributed by atoms with E-state index in [0.717, 1.165) is 19.3 Å². The molecule has 5 heteroatoms. The molecule has 2 N–H and O–H groups in total. The molecule has 0 saturated carbocycles. The standard InChI is InChI=1S/C13H26N2O3/c1-12(2,3)17-11(16)15-9-7-6-8-10(15)13(4,5)18-14/h10H,6-9,14H2,1-5H3. The molecule has 18 heavy (non-hydrogen) atoms. The third kappa shape index (κ3) is 3.85. The smallest absolute Gasteiger partial charge is 0.410 e. The fraction of sp³-hybridized carbons (Fsp3) is 0.923. The minimum Gasteiger partial charge on any atom is -0.444 e. The SMILES string of the molecule is CC(C)(C)OC(=O)N1CCCCC1C(C)(C)ON. The van der Waals surface area contributed by atoms with Crippen molar-refractivity contribution in [3.8, 4) is 0 Å². The molecule has 0 aromatic carbocycles. The van der Waals surface area contributed by atoms with Crippen molar-refractivity contribution >= 4 is 6.09 Å². The fourth-order valence-corrected chi connectivity index (χ4v) is 2.27. The van der Waals surface area contributed by atoms with Crippen LogP contribution in [0.2, 0.25) is 0 Å². The number of rotatable bonds is 2. The number of piperidine rings is 1. The number of nitrogens with zero attached hydrogens (tertiary/aromatic N) is 1. The maximum absolute atomic E-state index is 12.2. The first-order valence-corrected chi connectivity index (χ1v) is 6.55. The van der Waals surface area contributed by atoms with E-state index in [1.54, 1.807) is 4.90 Å². The molecule has 0 aromatic heterocycles. The van der Waals surface area contributed by atoms with Gasteiger partial charge in [0, 0.05) is 6.54 Å². The number of carbonyl (C=O) groups excluding carboxylic acids is 1. The third-order valence-electron chi connectivity index (χ3n) is 3.24. The lowest BCUT2D eigenvalue weighted by Gasteiger charge is -2.43. The van der Waals surface area contributed by atoms with Gasteiger partial charge in [-0.2, -0.15) is 0 Å². The molecule has 0 aliphatic carbocycles. The predicted molar refractivity (Wildman–Crippen MR) is 69.9 cm³/mol. The van der Waals surface area contributed by atoms with Crippen molar-refractivity contribution in [3.63, 3.8) is 0 Å². The van der Waals surface area contributed by atoms with Crippen LogP contribution in [0, 0.1) is 0 Å². The number of nitrogens with two attached hydrogens (primary N) is 1. The predicted octanol–water partition coefficient (Wildman–Crippen LogP) is 2.44. The van der Waals surface area contributed by atoms with Crippen molar-refractivity contribution in [3.05, 3.63) is 0 Å². The molecular formula is C13H26N2O3. The summed E-state index contributed by atoms with van der Waals surface area (Å²) in [6, 6.07) is -0.0360. The Morgan fingerprint density at radius 3 is 2.33 bits per heavy atom. The summed E-state index contributed by atoms with van der Waals surface area (Å²) in [7, 11) is 0. The first-order valence-electron chi connectivity index (χ1n) is 6.55. The third-order valence-corrected chi connectivity index (χ3v) is 3.24. The Bertz CT molecular complexity index is 297. The second kappa shape index (κ2) is 5.45. The van der Waals surface area contributed by atoms with E-state index in [0.29, 0.717) is 6.54 Å². The van der Waals surface area contributed by atoms with Crippen LogP contribution in [-0.2, 0) is 9.57 Å². The highest BCUT2D eigenvalue weighted by Gasteiger charge is 2.40. The highest BCUT2D eigenvalue weighted by molar-refractivity contribution is 5.68. The Labute approximate surface area is 110 Å². The average molecular weight is 258 g/mol. The van der Waals surface area contributed by atoms with Crippen molar-refractivity contribution in [1.29, 1.82) is 0 Å². The average Bonchev–Trinajstić information content (AvgIpc) is 2.27. The van der Waals surface area contributed by atoms with E-state index in [2.05, 4.69) is 0 Å². The zero-order valence-electron chi connectivity index (χ0n) is 12.2. The van der Waals surface area contributed by atoms with Crippen LogP contribution >= 0.6 is 0 Å². The van der Waals surface area contributed by atoms with Gasteiger partial charge in [-0.15, -0.1) is 0 Å². The maximum Gasteiger partial charge on any atom is 0.410 e. The highest BCUT2D eigenvalue weighted by atomic mass is 16.6. The molecule has 1 heterocycles. The number of ether oxygens (including phenoxy) is 1. The molecule has 1 aliphatic rings. The summed E-state index contributed by atoms with van der Waals surface area (Å²) < 4.78 is 5.44. The van der Waals surface area contributed by atoms with Gasteiger partial charge in [-0.3, -0.25) is 4.84 Å². The number of amides is 1. The number of hydrogen-bond donors (Lipinski definition) is 1. The minimum atomic E-state index is -0.558. The maximum atomic E-state index is 12.2. The normalized spacial score (nSPS) is 21.9. The van der Waals surface area contributed by atoms with Gasteiger partial charge in [-0.05, 0) is 53.9 Å². The van der Waals surface area contributed by atoms with Gasteiger partial charge in [0.2, 0.25) is 0 Å². The van der Waals surface area contributed by atoms with Gasteiger partial charge in [-0.25, -0.2) is 10.7 Å². The Balaban J connectivity index is 2.80. The van der Waals surface area contributed by atoms with Gasteiger partial charge in [0.15, 0.2) is 0 Å². The fourth-order valence-electron chi connectivity index (χ4n) is 2.27. The first kappa shape index (κ1) is 15.2. The Hall–Kier alpha value is -0.810. The molecule has 0 spiro atoms. The summed E-state index contributed by atoms with van der Waals surface area (Å²) >= 11 is 0. The molecule has 1 saturated heterocycles. The van der Waals surface area contributed by atoms with Crippen LogP contribution in [-0.4, -0.2) is 34.8 Å². The molecule has 1 amide bonds. The van der Waals surface area contributed by atoms with Crippen molar-refractivity contribution < 1.29 is 14.4 Å². The molecule has 1 aliphatic heterocycles. The molecule has 5 nitrogen and oxygen atoms in total. The lowest BCUT2D eigenvalue weighted by Crippen LogP contribution is -2.56. The van der Waals surface area contributed by atoms with E-state index >= 15 is 0 Å². The molecule has 0 bridgehead atoms. The number of hydrogen-bond acceptors (Lipinski definition) is 4. The van der Waals surface area contributed by atoms with Gasteiger partial charge in [-0.1, -0.05) is 0 Å². The van der Waals surface area contributed by atoms with Gasteiger partial charge < -0.3 is 9.64 Å². The van der Waals surface area contributed by atoms with E-state index in [9.17, 15) is 4.79 Å². The van der Waals surface area contributed by atoms with Crippen molar-refractivity contribution in [2.45, 2.75) is 71.1 Å². The molecular weight excluding hydrogens is 232 g/mol. The lowest BCUT2D eigenvalue weighted by molar-refractivity contribution is -0.0929. The lowest BCUT2D eigenvalue weighted by atomic mass is 9.89. The van der Waals surface area contributed by atoms with E-state index < -0.39 is 11.2 Å². The van der Waals surface area contributed by atoms with Gasteiger partial charge >= 0.3 is 6.09 Å². The van der Waals surface area contributed by atoms with Crippen molar-refractivity contribution in [1.82, 2.24) is 4.90 Å². The quantitative estimate of drug-likeness (QED) is 0.773. The zero-order valence-corrected chi connectivity index (χ0v) is 12.2. The van der Waals surface area contributed by atoms with Gasteiger partial charge in [0.05, 0.1) is 6.04 Å². The summed E-state index contributed by atoms with van der Waals surface area (Å²) in [6.07, 6.45) is 2.69. The van der Waals surface area contributed by atoms with E-state index in [4.69, 9.17) is 15.5 Å². The minimum absolute atomic E-state index is 0.0360. The van der Waals surface area contributed by atoms with Crippen LogP contribution in [0.25, 0.3) is 0 Å². The molecule has 0 radical (unpaired) electrons. The molecule has 1 fully saturated rings. The largest absolute Gasteiger partial charge is 0.444 e. The Morgan fingerprint density at radius 2 is 1.83 bits per heavy atom. The van der Waals surface area contributed by atoms with Gasteiger partial charge in [0.25, 0.3) is 0 Å². The molecule has 1 rings (SSSR count). The Kier molecular flexibility index (Phi) is 4.61. The number of carbonyl (C=O) groups is 1. The topological polar surface area (TPSA) is 64.8 Å². The van der Waals surface area contributed by atoms with Crippen molar-refractivity contribution in [2.75, 3.05) is 6.54 Å². The molecule has 106 valence electrons. The van der Waals surface area contributed by atoms with E-state index in [-0.39, 0.29) is 12.1 Å². The molecule has 1 unspecified atom stereocenters. The van der Waals surface area contributed by atoms with Crippen LogP contribution in [0.1, 0.15) is 53.9 Å². The summed E-state index contributed by atoms with van der Waals surface area (Å²) in [4.78, 5) is 19.0. The Morgan fingerprint density at radius 1 is 1.22 bits per heavy atom. The van der Waals surface area contributed by atoms with Crippen LogP contribution in [0.5, 0.6) is 0 Å². The van der Waals surface area contributed by atoms with Gasteiger partial charge in [0.1, 0.15) is 11.2 Å².